The molecular weight excluding hydrogens is 350 g/mol. The van der Waals surface area contributed by atoms with Crippen LogP contribution in [0.2, 0.25) is 0 Å². The number of terminal acetylenes is 1. The average Bonchev–Trinajstić information content (AvgIpc) is 2.59. The Kier molecular flexibility index (Phi) is 9.60. The molecule has 1 aromatic carbocycles. The third kappa shape index (κ3) is 9.94. The van der Waals surface area contributed by atoms with Gasteiger partial charge in [0.05, 0.1) is 5.75 Å². The Morgan fingerprint density at radius 1 is 1.35 bits per heavy atom. The molecule has 0 amide bonds. The molecule has 7 heteroatoms. The lowest BCUT2D eigenvalue weighted by Crippen LogP contribution is -2.43. The van der Waals surface area contributed by atoms with Crippen molar-refractivity contribution in [3.63, 3.8) is 0 Å². The third-order valence-corrected chi connectivity index (χ3v) is 4.54. The van der Waals surface area contributed by atoms with E-state index >= 15 is 0 Å². The zero-order valence-electron chi connectivity index (χ0n) is 15.8. The Labute approximate surface area is 157 Å². The van der Waals surface area contributed by atoms with Gasteiger partial charge in [0.2, 0.25) is 0 Å². The summed E-state index contributed by atoms with van der Waals surface area (Å²) < 4.78 is 27.9. The van der Waals surface area contributed by atoms with E-state index in [9.17, 15) is 8.42 Å². The van der Waals surface area contributed by atoms with E-state index in [0.717, 1.165) is 24.3 Å². The highest BCUT2D eigenvalue weighted by molar-refractivity contribution is 7.90. The Bertz CT molecular complexity index is 707. The third-order valence-electron chi connectivity index (χ3n) is 3.56. The molecule has 0 aliphatic heterocycles. The van der Waals surface area contributed by atoms with Crippen LogP contribution >= 0.6 is 0 Å². The number of rotatable bonds is 10. The average molecular weight is 380 g/mol. The van der Waals surface area contributed by atoms with Gasteiger partial charge in [-0.05, 0) is 44.4 Å². The van der Waals surface area contributed by atoms with Crippen LogP contribution in [0.4, 0.5) is 0 Å². The molecule has 26 heavy (non-hydrogen) atoms. The zero-order chi connectivity index (χ0) is 19.4. The van der Waals surface area contributed by atoms with E-state index in [-0.39, 0.29) is 18.4 Å². The second-order valence-electron chi connectivity index (χ2n) is 6.11. The Morgan fingerprint density at radius 3 is 2.62 bits per heavy atom. The van der Waals surface area contributed by atoms with Crippen molar-refractivity contribution in [3.05, 3.63) is 29.8 Å². The Morgan fingerprint density at radius 2 is 2.04 bits per heavy atom. The van der Waals surface area contributed by atoms with Gasteiger partial charge in [-0.1, -0.05) is 18.1 Å². The van der Waals surface area contributed by atoms with Crippen LogP contribution in [0.5, 0.6) is 5.75 Å². The smallest absolute Gasteiger partial charge is 0.191 e. The number of hydrogen-bond acceptors (Lipinski definition) is 4. The molecule has 0 aliphatic carbocycles. The fraction of sp³-hybridized carbons (Fsp3) is 0.526. The molecule has 0 fully saturated rings. The van der Waals surface area contributed by atoms with Gasteiger partial charge in [-0.3, -0.25) is 4.99 Å². The highest BCUT2D eigenvalue weighted by atomic mass is 32.2. The van der Waals surface area contributed by atoms with E-state index in [0.29, 0.717) is 18.9 Å². The molecule has 2 N–H and O–H groups in total. The SMILES string of the molecule is C#CCOc1ccc(CCN=C(NCC)NC(C)CCS(C)(=O)=O)cc1. The largest absolute Gasteiger partial charge is 0.481 e. The number of benzene rings is 1. The van der Waals surface area contributed by atoms with Crippen LogP contribution in [0.1, 0.15) is 25.8 Å². The summed E-state index contributed by atoms with van der Waals surface area (Å²) in [5.74, 6) is 4.05. The van der Waals surface area contributed by atoms with E-state index in [4.69, 9.17) is 11.2 Å². The summed E-state index contributed by atoms with van der Waals surface area (Å²) in [7, 11) is -2.95. The van der Waals surface area contributed by atoms with Gasteiger partial charge >= 0.3 is 0 Å². The van der Waals surface area contributed by atoms with E-state index in [2.05, 4.69) is 21.5 Å². The van der Waals surface area contributed by atoms with Crippen LogP contribution in [-0.2, 0) is 16.3 Å². The van der Waals surface area contributed by atoms with Crippen LogP contribution in [0, 0.1) is 12.3 Å². The van der Waals surface area contributed by atoms with Gasteiger partial charge in [-0.2, -0.15) is 0 Å². The lowest BCUT2D eigenvalue weighted by molar-refractivity contribution is 0.370. The van der Waals surface area contributed by atoms with Crippen molar-refractivity contribution >= 4 is 15.8 Å². The Balaban J connectivity index is 2.51. The number of guanidine groups is 1. The molecule has 6 nitrogen and oxygen atoms in total. The second kappa shape index (κ2) is 11.4. The lowest BCUT2D eigenvalue weighted by Gasteiger charge is -2.17. The number of sulfone groups is 1. The minimum Gasteiger partial charge on any atom is -0.481 e. The van der Waals surface area contributed by atoms with Gasteiger partial charge in [0.15, 0.2) is 5.96 Å². The zero-order valence-corrected chi connectivity index (χ0v) is 16.6. The van der Waals surface area contributed by atoms with Crippen molar-refractivity contribution in [2.45, 2.75) is 32.7 Å². The standard InChI is InChI=1S/C19H29N3O3S/c1-5-14-25-18-9-7-17(8-10-18)11-13-21-19(20-6-2)22-16(3)12-15-26(4,23)24/h1,7-10,16H,6,11-15H2,2-4H3,(H2,20,21,22). The van der Waals surface area contributed by atoms with Crippen molar-refractivity contribution in [1.82, 2.24) is 10.6 Å². The minimum atomic E-state index is -2.95. The first-order valence-corrected chi connectivity index (χ1v) is 10.8. The molecule has 1 atom stereocenters. The summed E-state index contributed by atoms with van der Waals surface area (Å²) >= 11 is 0. The number of nitrogens with zero attached hydrogens (tertiary/aromatic N) is 1. The van der Waals surface area contributed by atoms with Crippen molar-refractivity contribution < 1.29 is 13.2 Å². The molecule has 0 bridgehead atoms. The molecule has 144 valence electrons. The van der Waals surface area contributed by atoms with E-state index < -0.39 is 9.84 Å². The van der Waals surface area contributed by atoms with Crippen molar-refractivity contribution in [3.8, 4) is 18.1 Å². The molecule has 0 aromatic heterocycles. The Hall–Kier alpha value is -2.20. The fourth-order valence-electron chi connectivity index (χ4n) is 2.19. The maximum atomic E-state index is 11.3. The fourth-order valence-corrected chi connectivity index (χ4v) is 2.97. The summed E-state index contributed by atoms with van der Waals surface area (Å²) in [6.45, 7) is 5.57. The predicted octanol–water partition coefficient (Wildman–Crippen LogP) is 1.62. The number of ether oxygens (including phenoxy) is 1. The maximum Gasteiger partial charge on any atom is 0.191 e. The van der Waals surface area contributed by atoms with E-state index in [1.54, 1.807) is 0 Å². The first kappa shape index (κ1) is 21.8. The maximum absolute atomic E-state index is 11.3. The van der Waals surface area contributed by atoms with Crippen LogP contribution in [0.3, 0.4) is 0 Å². The monoisotopic (exact) mass is 379 g/mol. The van der Waals surface area contributed by atoms with E-state index in [1.807, 2.05) is 38.1 Å². The van der Waals surface area contributed by atoms with Crippen LogP contribution in [0.15, 0.2) is 29.3 Å². The number of nitrogens with one attached hydrogen (secondary N) is 2. The molecule has 1 unspecified atom stereocenters. The number of hydrogen-bond donors (Lipinski definition) is 2. The summed E-state index contributed by atoms with van der Waals surface area (Å²) in [4.78, 5) is 4.55. The summed E-state index contributed by atoms with van der Waals surface area (Å²) in [5, 5.41) is 6.42. The van der Waals surface area contributed by atoms with Crippen molar-refractivity contribution in [2.24, 2.45) is 4.99 Å². The van der Waals surface area contributed by atoms with E-state index in [1.165, 1.54) is 6.26 Å². The molecule has 0 saturated heterocycles. The van der Waals surface area contributed by atoms with Crippen LogP contribution < -0.4 is 15.4 Å². The molecule has 1 rings (SSSR count). The molecular formula is C19H29N3O3S. The summed E-state index contributed by atoms with van der Waals surface area (Å²) in [6.07, 6.45) is 7.76. The van der Waals surface area contributed by atoms with Gasteiger partial charge in [0.1, 0.15) is 22.2 Å². The second-order valence-corrected chi connectivity index (χ2v) is 8.37. The predicted molar refractivity (Wildman–Crippen MR) is 107 cm³/mol. The highest BCUT2D eigenvalue weighted by Crippen LogP contribution is 2.12. The lowest BCUT2D eigenvalue weighted by atomic mass is 10.1. The van der Waals surface area contributed by atoms with Crippen LogP contribution in [-0.4, -0.2) is 52.1 Å². The molecule has 0 heterocycles. The molecule has 0 spiro atoms. The van der Waals surface area contributed by atoms with Gasteiger partial charge in [-0.25, -0.2) is 8.42 Å². The van der Waals surface area contributed by atoms with Crippen molar-refractivity contribution in [1.29, 1.82) is 0 Å². The first-order chi connectivity index (χ1) is 12.3. The minimum absolute atomic E-state index is 0.0233. The van der Waals surface area contributed by atoms with Crippen LogP contribution in [0.25, 0.3) is 0 Å². The number of aliphatic imine (C=N–C) groups is 1. The summed E-state index contributed by atoms with van der Waals surface area (Å²) in [5.41, 5.74) is 1.16. The van der Waals surface area contributed by atoms with Crippen molar-refractivity contribution in [2.75, 3.05) is 31.7 Å². The summed E-state index contributed by atoms with van der Waals surface area (Å²) in [6, 6.07) is 7.81. The molecule has 0 aliphatic rings. The molecule has 0 radical (unpaired) electrons. The van der Waals surface area contributed by atoms with Gasteiger partial charge in [0.25, 0.3) is 0 Å². The quantitative estimate of drug-likeness (QED) is 0.367. The first-order valence-electron chi connectivity index (χ1n) is 8.71. The molecule has 1 aromatic rings. The van der Waals surface area contributed by atoms with Gasteiger partial charge in [-0.15, -0.1) is 6.42 Å². The topological polar surface area (TPSA) is 79.8 Å². The van der Waals surface area contributed by atoms with Gasteiger partial charge in [0, 0.05) is 25.4 Å². The highest BCUT2D eigenvalue weighted by Gasteiger charge is 2.09. The normalized spacial score (nSPS) is 12.9. The van der Waals surface area contributed by atoms with Gasteiger partial charge < -0.3 is 15.4 Å². The molecule has 0 saturated carbocycles.